The van der Waals surface area contributed by atoms with Crippen molar-refractivity contribution >= 4 is 17.7 Å². The van der Waals surface area contributed by atoms with Crippen LogP contribution in [-0.4, -0.2) is 144 Å². The van der Waals surface area contributed by atoms with Crippen LogP contribution in [0.2, 0.25) is 0 Å². The molecule has 272 valence electrons. The molecule has 0 rings (SSSR count). The van der Waals surface area contributed by atoms with Crippen LogP contribution in [0.4, 0.5) is 0 Å². The molecule has 15 heteroatoms. The molecular formula is C31H63N5O10. The van der Waals surface area contributed by atoms with Crippen LogP contribution in [0.5, 0.6) is 0 Å². The molecule has 0 aromatic carbocycles. The largest absolute Gasteiger partial charge is 0.394 e. The molecule has 11 N–H and O–H groups in total. The summed E-state index contributed by atoms with van der Waals surface area (Å²) < 4.78 is 10.6. The molecule has 0 aromatic heterocycles. The van der Waals surface area contributed by atoms with Crippen LogP contribution in [0.15, 0.2) is 0 Å². The zero-order chi connectivity index (χ0) is 34.6. The number of hydrogen-bond acceptors (Lipinski definition) is 12. The first-order valence-corrected chi connectivity index (χ1v) is 16.8. The van der Waals surface area contributed by atoms with Crippen molar-refractivity contribution in [2.24, 2.45) is 11.5 Å². The Balaban J connectivity index is 5.24. The molecule has 0 radical (unpaired) electrons. The van der Waals surface area contributed by atoms with Crippen molar-refractivity contribution in [3.05, 3.63) is 0 Å². The number of nitrogens with two attached hydrogens (primary N) is 2. The number of aliphatic hydroxyl groups is 5. The summed E-state index contributed by atoms with van der Waals surface area (Å²) in [5.41, 5.74) is 11.1. The minimum atomic E-state index is -0.897. The van der Waals surface area contributed by atoms with Crippen molar-refractivity contribution in [2.45, 2.75) is 114 Å². The Hall–Kier alpha value is -1.95. The average Bonchev–Trinajstić information content (AvgIpc) is 3.03. The Morgan fingerprint density at radius 2 is 1.28 bits per heavy atom. The molecule has 0 aliphatic carbocycles. The minimum absolute atomic E-state index is 0.0489. The Labute approximate surface area is 274 Å². The summed E-state index contributed by atoms with van der Waals surface area (Å²) in [4.78, 5) is 40.0. The smallest absolute Gasteiger partial charge is 0.243 e. The van der Waals surface area contributed by atoms with Crippen molar-refractivity contribution in [1.82, 2.24) is 15.5 Å². The van der Waals surface area contributed by atoms with E-state index >= 15 is 0 Å². The molecule has 46 heavy (non-hydrogen) atoms. The number of ether oxygens (including phenoxy) is 2. The number of hydrogen-bond donors (Lipinski definition) is 9. The van der Waals surface area contributed by atoms with Crippen molar-refractivity contribution < 1.29 is 49.4 Å². The standard InChI is InChI=1S/C31H63N5O10/c1-2-45-19-20-46-18-14-29(42)34-28(31(44)35-27(30(33)43)10-3-6-15-32)11-5-8-17-36(16-7-4-9-25(40)22-37)21-24(39)12-13-26(41)23-38/h24-28,37-41H,2-23,32H2,1H3,(H2,33,43)(H,34,42)(H,35,44)/t24-,25?,26?,27+,28?/m1/s1. The number of nitrogens with one attached hydrogen (secondary N) is 2. The predicted octanol–water partition coefficient (Wildman–Crippen LogP) is -1.50. The summed E-state index contributed by atoms with van der Waals surface area (Å²) in [6.07, 6.45) is 3.26. The lowest BCUT2D eigenvalue weighted by molar-refractivity contribution is -0.132. The molecule has 0 bridgehead atoms. The van der Waals surface area contributed by atoms with E-state index in [0.717, 1.165) is 6.42 Å². The second-order valence-corrected chi connectivity index (χ2v) is 11.6. The minimum Gasteiger partial charge on any atom is -0.394 e. The van der Waals surface area contributed by atoms with Crippen molar-refractivity contribution in [1.29, 1.82) is 0 Å². The Morgan fingerprint density at radius 3 is 1.89 bits per heavy atom. The molecule has 0 aliphatic heterocycles. The molecule has 0 saturated heterocycles. The van der Waals surface area contributed by atoms with Gasteiger partial charge in [0, 0.05) is 19.6 Å². The fourth-order valence-electron chi connectivity index (χ4n) is 4.77. The van der Waals surface area contributed by atoms with Gasteiger partial charge >= 0.3 is 0 Å². The number of amides is 3. The third-order valence-corrected chi connectivity index (χ3v) is 7.51. The summed E-state index contributed by atoms with van der Waals surface area (Å²) in [5, 5.41) is 53.3. The van der Waals surface area contributed by atoms with Crippen LogP contribution in [0, 0.1) is 0 Å². The van der Waals surface area contributed by atoms with Gasteiger partial charge in [0.2, 0.25) is 17.7 Å². The fourth-order valence-corrected chi connectivity index (χ4v) is 4.77. The summed E-state index contributed by atoms with van der Waals surface area (Å²) in [7, 11) is 0. The van der Waals surface area contributed by atoms with Gasteiger partial charge in [-0.15, -0.1) is 0 Å². The second-order valence-electron chi connectivity index (χ2n) is 11.6. The molecular weight excluding hydrogens is 602 g/mol. The van der Waals surface area contributed by atoms with Gasteiger partial charge in [-0.3, -0.25) is 14.4 Å². The van der Waals surface area contributed by atoms with Crippen LogP contribution >= 0.6 is 0 Å². The Morgan fingerprint density at radius 1 is 0.717 bits per heavy atom. The number of primary amides is 1. The van der Waals surface area contributed by atoms with E-state index < -0.39 is 42.2 Å². The summed E-state index contributed by atoms with van der Waals surface area (Å²) in [5.74, 6) is -1.53. The van der Waals surface area contributed by atoms with E-state index in [1.165, 1.54) is 0 Å². The summed E-state index contributed by atoms with van der Waals surface area (Å²) in [6.45, 7) is 4.72. The van der Waals surface area contributed by atoms with Gasteiger partial charge < -0.3 is 62.0 Å². The number of aliphatic hydroxyl groups excluding tert-OH is 5. The summed E-state index contributed by atoms with van der Waals surface area (Å²) >= 11 is 0. The van der Waals surface area contributed by atoms with E-state index in [2.05, 4.69) is 15.5 Å². The van der Waals surface area contributed by atoms with Crippen LogP contribution in [0.25, 0.3) is 0 Å². The van der Waals surface area contributed by atoms with E-state index in [1.807, 2.05) is 6.92 Å². The van der Waals surface area contributed by atoms with E-state index in [4.69, 9.17) is 31.2 Å². The molecule has 0 fully saturated rings. The van der Waals surface area contributed by atoms with Crippen molar-refractivity contribution in [3.8, 4) is 0 Å². The lowest BCUT2D eigenvalue weighted by Gasteiger charge is -2.26. The van der Waals surface area contributed by atoms with E-state index in [1.54, 1.807) is 0 Å². The highest BCUT2D eigenvalue weighted by atomic mass is 16.5. The highest BCUT2D eigenvalue weighted by molar-refractivity contribution is 5.91. The SMILES string of the molecule is CCOCCOCCC(=O)NC(CCCCN(CCCCC(O)CO)C[C@H](O)CCC(O)CO)C(=O)N[C@@H](CCCCN)C(N)=O. The lowest BCUT2D eigenvalue weighted by atomic mass is 10.0. The maximum atomic E-state index is 13.2. The fraction of sp³-hybridized carbons (Fsp3) is 0.903. The van der Waals surface area contributed by atoms with Crippen molar-refractivity contribution in [2.75, 3.05) is 65.8 Å². The van der Waals surface area contributed by atoms with Gasteiger partial charge in [0.15, 0.2) is 0 Å². The van der Waals surface area contributed by atoms with Gasteiger partial charge in [0.1, 0.15) is 12.1 Å². The van der Waals surface area contributed by atoms with Gasteiger partial charge in [-0.1, -0.05) is 0 Å². The molecule has 0 heterocycles. The second kappa shape index (κ2) is 29.2. The normalized spacial score (nSPS) is 14.9. The van der Waals surface area contributed by atoms with Gasteiger partial charge in [-0.2, -0.15) is 0 Å². The zero-order valence-corrected chi connectivity index (χ0v) is 27.8. The number of carbonyl (C=O) groups is 3. The number of rotatable bonds is 32. The molecule has 0 aromatic rings. The van der Waals surface area contributed by atoms with Gasteiger partial charge in [-0.05, 0) is 97.2 Å². The predicted molar refractivity (Wildman–Crippen MR) is 173 cm³/mol. The monoisotopic (exact) mass is 665 g/mol. The zero-order valence-electron chi connectivity index (χ0n) is 27.8. The van der Waals surface area contributed by atoms with Crippen LogP contribution in [0.3, 0.4) is 0 Å². The first-order valence-electron chi connectivity index (χ1n) is 16.8. The molecule has 15 nitrogen and oxygen atoms in total. The quantitative estimate of drug-likeness (QED) is 0.0373. The average molecular weight is 666 g/mol. The van der Waals surface area contributed by atoms with Crippen LogP contribution in [0.1, 0.15) is 84.0 Å². The maximum Gasteiger partial charge on any atom is 0.243 e. The third kappa shape index (κ3) is 24.3. The molecule has 3 amide bonds. The molecule has 0 aliphatic rings. The van der Waals surface area contributed by atoms with E-state index in [9.17, 15) is 29.7 Å². The third-order valence-electron chi connectivity index (χ3n) is 7.51. The topological polar surface area (TPSA) is 250 Å². The van der Waals surface area contributed by atoms with Gasteiger partial charge in [-0.25, -0.2) is 0 Å². The van der Waals surface area contributed by atoms with Gasteiger partial charge in [0.05, 0.1) is 51.3 Å². The number of carbonyl (C=O) groups excluding carboxylic acids is 3. The highest BCUT2D eigenvalue weighted by Gasteiger charge is 2.25. The van der Waals surface area contributed by atoms with Crippen LogP contribution < -0.4 is 22.1 Å². The Kier molecular flexibility index (Phi) is 28.0. The van der Waals surface area contributed by atoms with E-state index in [0.29, 0.717) is 104 Å². The summed E-state index contributed by atoms with van der Waals surface area (Å²) in [6, 6.07) is -1.78. The molecule has 3 unspecified atom stereocenters. The Bertz CT molecular complexity index is 782. The van der Waals surface area contributed by atoms with Crippen LogP contribution in [-0.2, 0) is 23.9 Å². The molecule has 5 atom stereocenters. The molecule has 0 spiro atoms. The van der Waals surface area contributed by atoms with Gasteiger partial charge in [0.25, 0.3) is 0 Å². The first-order chi connectivity index (χ1) is 22.1. The number of unbranched alkanes of at least 4 members (excludes halogenated alkanes) is 3. The first kappa shape index (κ1) is 44.0. The lowest BCUT2D eigenvalue weighted by Crippen LogP contribution is -2.53. The van der Waals surface area contributed by atoms with Crippen molar-refractivity contribution in [3.63, 3.8) is 0 Å². The number of nitrogens with zero attached hydrogens (tertiary/aromatic N) is 1. The highest BCUT2D eigenvalue weighted by Crippen LogP contribution is 2.11. The van der Waals surface area contributed by atoms with E-state index in [-0.39, 0.29) is 38.6 Å². The maximum absolute atomic E-state index is 13.2. The molecule has 0 saturated carbocycles.